The Labute approximate surface area is 125 Å². The fourth-order valence-electron chi connectivity index (χ4n) is 1.99. The van der Waals surface area contributed by atoms with E-state index in [1.165, 1.54) is 0 Å². The Balaban J connectivity index is 0.000000194. The second-order valence-electron chi connectivity index (χ2n) is 4.52. The highest BCUT2D eigenvalue weighted by Gasteiger charge is 2.01. The Bertz CT molecular complexity index is 649. The van der Waals surface area contributed by atoms with Gasteiger partial charge in [0.05, 0.1) is 6.61 Å². The van der Waals surface area contributed by atoms with Crippen molar-refractivity contribution in [1.29, 1.82) is 0 Å². The Morgan fingerprint density at radius 3 is 1.67 bits per heavy atom. The van der Waals surface area contributed by atoms with E-state index in [1.807, 2.05) is 48.5 Å². The molecule has 0 aromatic heterocycles. The van der Waals surface area contributed by atoms with E-state index in [-0.39, 0.29) is 6.61 Å². The Hall–Kier alpha value is -2.58. The van der Waals surface area contributed by atoms with E-state index in [0.29, 0.717) is 5.75 Å². The van der Waals surface area contributed by atoms with Crippen LogP contribution < -0.4 is 0 Å². The lowest BCUT2D eigenvalue weighted by Gasteiger charge is -2.06. The molecule has 2 heteroatoms. The summed E-state index contributed by atoms with van der Waals surface area (Å²) in [5.74, 6) is 0.322. The lowest BCUT2D eigenvalue weighted by atomic mass is 10.0. The van der Waals surface area contributed by atoms with Crippen molar-refractivity contribution in [2.24, 2.45) is 0 Å². The molecule has 21 heavy (non-hydrogen) atoms. The Morgan fingerprint density at radius 2 is 1.14 bits per heavy atom. The van der Waals surface area contributed by atoms with Crippen molar-refractivity contribution < 1.29 is 10.2 Å². The third-order valence-electron chi connectivity index (χ3n) is 3.03. The number of benzene rings is 3. The number of aliphatic hydroxyl groups excluding tert-OH is 1. The molecule has 0 amide bonds. The molecule has 0 radical (unpaired) electrons. The third kappa shape index (κ3) is 4.48. The predicted molar refractivity (Wildman–Crippen MR) is 85.9 cm³/mol. The van der Waals surface area contributed by atoms with Gasteiger partial charge < -0.3 is 10.2 Å². The van der Waals surface area contributed by atoms with Gasteiger partial charge in [0.15, 0.2) is 0 Å². The predicted octanol–water partition coefficient (Wildman–Crippen LogP) is 4.24. The van der Waals surface area contributed by atoms with Crippen LogP contribution >= 0.6 is 0 Å². The molecule has 3 aromatic rings. The molecule has 0 spiro atoms. The van der Waals surface area contributed by atoms with Gasteiger partial charge in [0.2, 0.25) is 0 Å². The minimum Gasteiger partial charge on any atom is -0.508 e. The number of hydrogen-bond donors (Lipinski definition) is 2. The maximum Gasteiger partial charge on any atom is 0.115 e. The van der Waals surface area contributed by atoms with E-state index in [1.54, 1.807) is 24.3 Å². The molecule has 0 fully saturated rings. The van der Waals surface area contributed by atoms with Crippen LogP contribution in [-0.2, 0) is 6.61 Å². The van der Waals surface area contributed by atoms with Crippen LogP contribution in [0.5, 0.6) is 5.75 Å². The average Bonchev–Trinajstić information content (AvgIpc) is 2.57. The van der Waals surface area contributed by atoms with E-state index < -0.39 is 0 Å². The molecule has 0 heterocycles. The van der Waals surface area contributed by atoms with Crippen LogP contribution in [0.1, 0.15) is 5.56 Å². The molecule has 3 aromatic carbocycles. The molecule has 2 N–H and O–H groups in total. The van der Waals surface area contributed by atoms with Crippen molar-refractivity contribution in [3.63, 3.8) is 0 Å². The van der Waals surface area contributed by atoms with Gasteiger partial charge in [0, 0.05) is 0 Å². The minimum absolute atomic E-state index is 0.0884. The molecule has 0 bridgehead atoms. The highest BCUT2D eigenvalue weighted by atomic mass is 16.3. The van der Waals surface area contributed by atoms with Gasteiger partial charge in [0.1, 0.15) is 5.75 Å². The zero-order valence-electron chi connectivity index (χ0n) is 11.7. The molecule has 106 valence electrons. The summed E-state index contributed by atoms with van der Waals surface area (Å²) < 4.78 is 0. The van der Waals surface area contributed by atoms with Crippen LogP contribution in [0, 0.1) is 0 Å². The van der Waals surface area contributed by atoms with E-state index >= 15 is 0 Å². The van der Waals surface area contributed by atoms with Crippen LogP contribution in [0.25, 0.3) is 11.1 Å². The lowest BCUT2D eigenvalue weighted by Crippen LogP contribution is -1.87. The maximum atomic E-state index is 9.18. The van der Waals surface area contributed by atoms with Gasteiger partial charge in [0.25, 0.3) is 0 Å². The number of aromatic hydroxyl groups is 1. The van der Waals surface area contributed by atoms with Gasteiger partial charge in [-0.15, -0.1) is 0 Å². The molecular formula is C19H18O2. The molecule has 3 rings (SSSR count). The normalized spacial score (nSPS) is 9.57. The first kappa shape index (κ1) is 14.8. The number of para-hydroxylation sites is 1. The van der Waals surface area contributed by atoms with Crippen molar-refractivity contribution in [2.45, 2.75) is 6.61 Å². The van der Waals surface area contributed by atoms with Gasteiger partial charge in [-0.05, 0) is 28.8 Å². The smallest absolute Gasteiger partial charge is 0.115 e. The molecule has 2 nitrogen and oxygen atoms in total. The van der Waals surface area contributed by atoms with E-state index in [2.05, 4.69) is 12.1 Å². The molecule has 0 aliphatic heterocycles. The first-order valence-corrected chi connectivity index (χ1v) is 6.79. The SMILES string of the molecule is OCc1ccccc1-c1ccccc1.Oc1ccccc1. The summed E-state index contributed by atoms with van der Waals surface area (Å²) in [7, 11) is 0. The highest BCUT2D eigenvalue weighted by molar-refractivity contribution is 5.66. The van der Waals surface area contributed by atoms with Gasteiger partial charge in [-0.25, -0.2) is 0 Å². The molecular weight excluding hydrogens is 260 g/mol. The van der Waals surface area contributed by atoms with Crippen LogP contribution in [0.3, 0.4) is 0 Å². The maximum absolute atomic E-state index is 9.18. The van der Waals surface area contributed by atoms with Crippen molar-refractivity contribution in [3.8, 4) is 16.9 Å². The van der Waals surface area contributed by atoms with Gasteiger partial charge in [-0.3, -0.25) is 0 Å². The van der Waals surface area contributed by atoms with Crippen LogP contribution in [-0.4, -0.2) is 10.2 Å². The number of aliphatic hydroxyl groups is 1. The summed E-state index contributed by atoms with van der Waals surface area (Å²) in [4.78, 5) is 0. The number of rotatable bonds is 2. The zero-order valence-corrected chi connectivity index (χ0v) is 11.7. The summed E-state index contributed by atoms with van der Waals surface area (Å²) in [6.45, 7) is 0.0884. The van der Waals surface area contributed by atoms with Gasteiger partial charge in [-0.1, -0.05) is 72.8 Å². The number of phenolic OH excluding ortho intramolecular Hbond substituents is 1. The lowest BCUT2D eigenvalue weighted by molar-refractivity contribution is 0.282. The standard InChI is InChI=1S/C13H12O.C6H6O/c14-10-12-8-4-5-9-13(12)11-6-2-1-3-7-11;7-6-4-2-1-3-5-6/h1-9,14H,10H2;1-5,7H. The second kappa shape index (κ2) is 7.88. The summed E-state index contributed by atoms with van der Waals surface area (Å²) in [5, 5.41) is 17.8. The quantitative estimate of drug-likeness (QED) is 0.736. The van der Waals surface area contributed by atoms with Crippen molar-refractivity contribution in [2.75, 3.05) is 0 Å². The first-order chi connectivity index (χ1) is 10.3. The van der Waals surface area contributed by atoms with Crippen LogP contribution in [0.2, 0.25) is 0 Å². The fraction of sp³-hybridized carbons (Fsp3) is 0.0526. The summed E-state index contributed by atoms with van der Waals surface area (Å²) in [6, 6.07) is 26.7. The Kier molecular flexibility index (Phi) is 5.56. The van der Waals surface area contributed by atoms with E-state index in [0.717, 1.165) is 16.7 Å². The monoisotopic (exact) mass is 278 g/mol. The number of hydrogen-bond acceptors (Lipinski definition) is 2. The Morgan fingerprint density at radius 1 is 0.619 bits per heavy atom. The minimum atomic E-state index is 0.0884. The molecule has 0 aliphatic carbocycles. The van der Waals surface area contributed by atoms with Crippen molar-refractivity contribution in [3.05, 3.63) is 90.5 Å². The third-order valence-corrected chi connectivity index (χ3v) is 3.03. The average molecular weight is 278 g/mol. The molecule has 0 unspecified atom stereocenters. The van der Waals surface area contributed by atoms with Gasteiger partial charge in [-0.2, -0.15) is 0 Å². The van der Waals surface area contributed by atoms with Crippen LogP contribution in [0.15, 0.2) is 84.9 Å². The van der Waals surface area contributed by atoms with E-state index in [4.69, 9.17) is 5.11 Å². The highest BCUT2D eigenvalue weighted by Crippen LogP contribution is 2.22. The molecule has 0 saturated heterocycles. The summed E-state index contributed by atoms with van der Waals surface area (Å²) in [5.41, 5.74) is 3.23. The fourth-order valence-corrected chi connectivity index (χ4v) is 1.99. The number of phenols is 1. The summed E-state index contributed by atoms with van der Waals surface area (Å²) >= 11 is 0. The topological polar surface area (TPSA) is 40.5 Å². The summed E-state index contributed by atoms with van der Waals surface area (Å²) in [6.07, 6.45) is 0. The second-order valence-corrected chi connectivity index (χ2v) is 4.52. The van der Waals surface area contributed by atoms with Crippen LogP contribution in [0.4, 0.5) is 0 Å². The molecule has 0 saturated carbocycles. The van der Waals surface area contributed by atoms with Gasteiger partial charge >= 0.3 is 0 Å². The molecule has 0 atom stereocenters. The van der Waals surface area contributed by atoms with Crippen molar-refractivity contribution >= 4 is 0 Å². The van der Waals surface area contributed by atoms with E-state index in [9.17, 15) is 5.11 Å². The zero-order chi connectivity index (χ0) is 14.9. The first-order valence-electron chi connectivity index (χ1n) is 6.79. The van der Waals surface area contributed by atoms with Crippen molar-refractivity contribution in [1.82, 2.24) is 0 Å². The molecule has 0 aliphatic rings. The largest absolute Gasteiger partial charge is 0.508 e.